The lowest BCUT2D eigenvalue weighted by atomic mass is 10.1. The van der Waals surface area contributed by atoms with Crippen molar-refractivity contribution in [3.05, 3.63) is 29.3 Å². The highest BCUT2D eigenvalue weighted by molar-refractivity contribution is 7.91. The Hall–Kier alpha value is -1.47. The minimum absolute atomic E-state index is 0.00297. The van der Waals surface area contributed by atoms with Crippen LogP contribution in [-0.2, 0) is 14.6 Å². The molecule has 4 rings (SSSR count). The van der Waals surface area contributed by atoms with Crippen LogP contribution in [-0.4, -0.2) is 42.3 Å². The molecule has 2 fully saturated rings. The summed E-state index contributed by atoms with van der Waals surface area (Å²) in [6.07, 6.45) is 2.32. The van der Waals surface area contributed by atoms with E-state index < -0.39 is 9.84 Å². The first-order chi connectivity index (χ1) is 11.0. The highest BCUT2D eigenvalue weighted by atomic mass is 32.2. The molecule has 0 aliphatic carbocycles. The minimum atomic E-state index is -3.03. The van der Waals surface area contributed by atoms with Gasteiger partial charge in [0.15, 0.2) is 9.84 Å². The first kappa shape index (κ1) is 15.1. The summed E-state index contributed by atoms with van der Waals surface area (Å²) >= 11 is 1.63. The van der Waals surface area contributed by atoms with E-state index in [0.29, 0.717) is 13.0 Å². The van der Waals surface area contributed by atoms with E-state index in [2.05, 4.69) is 4.98 Å². The van der Waals surface area contributed by atoms with Crippen LogP contribution >= 0.6 is 11.3 Å². The molecular weight excluding hydrogens is 332 g/mol. The summed E-state index contributed by atoms with van der Waals surface area (Å²) in [6.45, 7) is 0.704. The predicted octanol–water partition coefficient (Wildman–Crippen LogP) is 2.39. The van der Waals surface area contributed by atoms with Gasteiger partial charge in [0, 0.05) is 6.54 Å². The molecular formula is C16H18N2O3S2. The van der Waals surface area contributed by atoms with E-state index in [1.54, 1.807) is 11.3 Å². The maximum atomic E-state index is 12.8. The number of carbonyl (C=O) groups excluding carboxylic acids is 1. The summed E-state index contributed by atoms with van der Waals surface area (Å²) in [5, 5.41) is 0.970. The second-order valence-corrected chi connectivity index (χ2v) is 9.60. The van der Waals surface area contributed by atoms with Crippen molar-refractivity contribution in [3.8, 4) is 0 Å². The number of para-hydroxylation sites is 1. The molecule has 1 amide bonds. The molecule has 2 atom stereocenters. The molecule has 2 aliphatic rings. The average molecular weight is 350 g/mol. The lowest BCUT2D eigenvalue weighted by Gasteiger charge is -2.25. The Morgan fingerprint density at radius 2 is 2.09 bits per heavy atom. The van der Waals surface area contributed by atoms with Crippen LogP contribution in [0, 0.1) is 5.92 Å². The molecule has 1 aromatic heterocycles. The zero-order valence-electron chi connectivity index (χ0n) is 12.6. The Morgan fingerprint density at radius 1 is 1.26 bits per heavy atom. The van der Waals surface area contributed by atoms with Gasteiger partial charge in [0.05, 0.1) is 33.7 Å². The standard InChI is InChI=1S/C16H18N2O3S2/c19-16(11-7-9-23(20,21)10-11)18-8-3-5-13(18)15-17-12-4-1-2-6-14(12)22-15/h1-2,4,6,11,13H,3,5,7-10H2/t11-,13+/m0/s1. The number of carbonyl (C=O) groups is 1. The van der Waals surface area contributed by atoms with Crippen molar-refractivity contribution in [2.24, 2.45) is 5.92 Å². The molecule has 0 bridgehead atoms. The van der Waals surface area contributed by atoms with E-state index in [1.165, 1.54) is 0 Å². The average Bonchev–Trinajstić information content (AvgIpc) is 3.22. The smallest absolute Gasteiger partial charge is 0.227 e. The largest absolute Gasteiger partial charge is 0.333 e. The van der Waals surface area contributed by atoms with Crippen LogP contribution < -0.4 is 0 Å². The predicted molar refractivity (Wildman–Crippen MR) is 90.1 cm³/mol. The molecule has 0 saturated carbocycles. The van der Waals surface area contributed by atoms with Gasteiger partial charge >= 0.3 is 0 Å². The van der Waals surface area contributed by atoms with Crippen molar-refractivity contribution in [2.45, 2.75) is 25.3 Å². The van der Waals surface area contributed by atoms with Gasteiger partial charge in [0.1, 0.15) is 5.01 Å². The van der Waals surface area contributed by atoms with E-state index in [0.717, 1.165) is 28.1 Å². The number of sulfone groups is 1. The van der Waals surface area contributed by atoms with Crippen LogP contribution in [0.3, 0.4) is 0 Å². The third kappa shape index (κ3) is 2.76. The van der Waals surface area contributed by atoms with Gasteiger partial charge in [-0.2, -0.15) is 0 Å². The summed E-state index contributed by atoms with van der Waals surface area (Å²) in [6, 6.07) is 7.99. The fourth-order valence-electron chi connectivity index (χ4n) is 3.54. The molecule has 0 N–H and O–H groups in total. The zero-order chi connectivity index (χ0) is 16.0. The number of thiazole rings is 1. The topological polar surface area (TPSA) is 67.3 Å². The van der Waals surface area contributed by atoms with Crippen LogP contribution in [0.25, 0.3) is 10.2 Å². The number of hydrogen-bond donors (Lipinski definition) is 0. The molecule has 2 aliphatic heterocycles. The van der Waals surface area contributed by atoms with Gasteiger partial charge < -0.3 is 4.90 Å². The number of aromatic nitrogens is 1. The van der Waals surface area contributed by atoms with E-state index in [4.69, 9.17) is 0 Å². The van der Waals surface area contributed by atoms with E-state index in [1.807, 2.05) is 29.2 Å². The van der Waals surface area contributed by atoms with Gasteiger partial charge in [-0.3, -0.25) is 4.79 Å². The molecule has 122 valence electrons. The summed E-state index contributed by atoms with van der Waals surface area (Å²) < 4.78 is 24.4. The number of rotatable bonds is 2. The summed E-state index contributed by atoms with van der Waals surface area (Å²) in [5.41, 5.74) is 0.968. The lowest BCUT2D eigenvalue weighted by Crippen LogP contribution is -2.36. The molecule has 2 saturated heterocycles. The van der Waals surface area contributed by atoms with E-state index in [-0.39, 0.29) is 29.4 Å². The molecule has 0 spiro atoms. The first-order valence-electron chi connectivity index (χ1n) is 7.90. The van der Waals surface area contributed by atoms with Gasteiger partial charge in [-0.25, -0.2) is 13.4 Å². The molecule has 2 aromatic rings. The van der Waals surface area contributed by atoms with E-state index in [9.17, 15) is 13.2 Å². The van der Waals surface area contributed by atoms with Crippen LogP contribution in [0.4, 0.5) is 0 Å². The highest BCUT2D eigenvalue weighted by Gasteiger charge is 2.40. The summed E-state index contributed by atoms with van der Waals surface area (Å²) in [7, 11) is -3.03. The van der Waals surface area contributed by atoms with Gasteiger partial charge in [0.25, 0.3) is 0 Å². The number of fused-ring (bicyclic) bond motifs is 1. The van der Waals surface area contributed by atoms with Crippen molar-refractivity contribution >= 4 is 37.3 Å². The molecule has 0 radical (unpaired) electrons. The molecule has 0 unspecified atom stereocenters. The lowest BCUT2D eigenvalue weighted by molar-refractivity contribution is -0.135. The number of benzene rings is 1. The van der Waals surface area contributed by atoms with Crippen LogP contribution in [0.5, 0.6) is 0 Å². The monoisotopic (exact) mass is 350 g/mol. The quantitative estimate of drug-likeness (QED) is 0.834. The van der Waals surface area contributed by atoms with Gasteiger partial charge in [-0.05, 0) is 31.4 Å². The molecule has 23 heavy (non-hydrogen) atoms. The van der Waals surface area contributed by atoms with Gasteiger partial charge in [-0.1, -0.05) is 12.1 Å². The van der Waals surface area contributed by atoms with Crippen molar-refractivity contribution in [3.63, 3.8) is 0 Å². The zero-order valence-corrected chi connectivity index (χ0v) is 14.3. The maximum absolute atomic E-state index is 12.8. The molecule has 1 aromatic carbocycles. The number of amides is 1. The number of likely N-dealkylation sites (tertiary alicyclic amines) is 1. The molecule has 7 heteroatoms. The van der Waals surface area contributed by atoms with Gasteiger partial charge in [-0.15, -0.1) is 11.3 Å². The third-order valence-corrected chi connectivity index (χ3v) is 7.62. The number of hydrogen-bond acceptors (Lipinski definition) is 5. The Morgan fingerprint density at radius 3 is 2.83 bits per heavy atom. The van der Waals surface area contributed by atoms with Crippen LogP contribution in [0.2, 0.25) is 0 Å². The van der Waals surface area contributed by atoms with Crippen molar-refractivity contribution < 1.29 is 13.2 Å². The SMILES string of the molecule is O=C([C@H]1CCS(=O)(=O)C1)N1CCC[C@@H]1c1nc2ccccc2s1. The highest BCUT2D eigenvalue weighted by Crippen LogP contribution is 2.38. The second kappa shape index (κ2) is 5.56. The fraction of sp³-hybridized carbons (Fsp3) is 0.500. The Bertz CT molecular complexity index is 826. The first-order valence-corrected chi connectivity index (χ1v) is 10.5. The summed E-state index contributed by atoms with van der Waals surface area (Å²) in [5.74, 6) is -0.222. The Kier molecular flexibility index (Phi) is 3.65. The van der Waals surface area contributed by atoms with Crippen LogP contribution in [0.15, 0.2) is 24.3 Å². The Balaban J connectivity index is 1.60. The minimum Gasteiger partial charge on any atom is -0.333 e. The number of nitrogens with zero attached hydrogens (tertiary/aromatic N) is 2. The normalized spacial score (nSPS) is 26.9. The fourth-order valence-corrected chi connectivity index (χ4v) is 6.39. The van der Waals surface area contributed by atoms with Crippen molar-refractivity contribution in [1.82, 2.24) is 9.88 Å². The molecule has 3 heterocycles. The second-order valence-electron chi connectivity index (χ2n) is 6.31. The molecule has 5 nitrogen and oxygen atoms in total. The summed E-state index contributed by atoms with van der Waals surface area (Å²) in [4.78, 5) is 19.3. The van der Waals surface area contributed by atoms with Crippen LogP contribution in [0.1, 0.15) is 30.3 Å². The van der Waals surface area contributed by atoms with Gasteiger partial charge in [0.2, 0.25) is 5.91 Å². The maximum Gasteiger partial charge on any atom is 0.227 e. The third-order valence-electron chi connectivity index (χ3n) is 4.71. The Labute approximate surface area is 139 Å². The van der Waals surface area contributed by atoms with E-state index >= 15 is 0 Å². The van der Waals surface area contributed by atoms with Crippen molar-refractivity contribution in [2.75, 3.05) is 18.1 Å². The van der Waals surface area contributed by atoms with Crippen molar-refractivity contribution in [1.29, 1.82) is 0 Å².